The van der Waals surface area contributed by atoms with Crippen molar-refractivity contribution in [3.8, 4) is 0 Å². The van der Waals surface area contributed by atoms with Crippen molar-refractivity contribution in [2.24, 2.45) is 5.73 Å². The number of amides is 1. The van der Waals surface area contributed by atoms with Crippen LogP contribution in [0.3, 0.4) is 0 Å². The summed E-state index contributed by atoms with van der Waals surface area (Å²) in [5.41, 5.74) is 11.0. The fourth-order valence-electron chi connectivity index (χ4n) is 2.26. The quantitative estimate of drug-likeness (QED) is 0.492. The van der Waals surface area contributed by atoms with E-state index in [0.29, 0.717) is 12.1 Å². The van der Waals surface area contributed by atoms with Crippen LogP contribution >= 0.6 is 12.4 Å². The number of guanidine groups is 1. The first kappa shape index (κ1) is 20.4. The molecule has 1 amide bonds. The summed E-state index contributed by atoms with van der Waals surface area (Å²) in [7, 11) is 0. The van der Waals surface area contributed by atoms with Gasteiger partial charge in [-0.25, -0.2) is 0 Å². The smallest absolute Gasteiger partial charge is 0.258 e. The summed E-state index contributed by atoms with van der Waals surface area (Å²) in [4.78, 5) is 21.0. The van der Waals surface area contributed by atoms with E-state index in [0.717, 1.165) is 34.0 Å². The van der Waals surface area contributed by atoms with Crippen molar-refractivity contribution in [1.82, 2.24) is 15.3 Å². The molecular weight excluding hydrogens is 340 g/mol. The van der Waals surface area contributed by atoms with Gasteiger partial charge in [-0.1, -0.05) is 6.07 Å². The van der Waals surface area contributed by atoms with E-state index < -0.39 is 5.91 Å². The molecule has 1 aromatic heterocycles. The maximum Gasteiger partial charge on any atom is 0.258 e. The highest BCUT2D eigenvalue weighted by Gasteiger charge is 2.10. The first-order valence-corrected chi connectivity index (χ1v) is 7.58. The van der Waals surface area contributed by atoms with E-state index in [9.17, 15) is 4.79 Å². The molecule has 1 aromatic carbocycles. The Labute approximate surface area is 153 Å². The Bertz CT molecular complexity index is 806. The lowest BCUT2D eigenvalue weighted by Crippen LogP contribution is -2.35. The van der Waals surface area contributed by atoms with Crippen molar-refractivity contribution < 1.29 is 4.79 Å². The molecule has 25 heavy (non-hydrogen) atoms. The van der Waals surface area contributed by atoms with Crippen LogP contribution in [0.5, 0.6) is 0 Å². The molecule has 0 radical (unpaired) electrons. The number of nitrogens with one attached hydrogen (secondary N) is 3. The molecule has 0 aliphatic heterocycles. The summed E-state index contributed by atoms with van der Waals surface area (Å²) >= 11 is 0. The number of hydrogen-bond acceptors (Lipinski definition) is 5. The standard InChI is InChI=1S/C17H22N6O.ClH/c1-9-5-6-13(16(24)23-17(18)19)7-14(9)20-8-15-12(4)21-10(2)11(3)22-15;/h5-7,20H,8H2,1-4H3,(H4,18,19,23,24);1H. The van der Waals surface area contributed by atoms with Gasteiger partial charge in [0.15, 0.2) is 5.96 Å². The Hall–Kier alpha value is -2.67. The van der Waals surface area contributed by atoms with Crippen LogP contribution in [0, 0.1) is 33.1 Å². The zero-order valence-electron chi connectivity index (χ0n) is 14.7. The molecule has 0 saturated heterocycles. The van der Waals surface area contributed by atoms with Crippen LogP contribution in [0.1, 0.15) is 38.7 Å². The molecule has 0 aliphatic carbocycles. The molecule has 1 heterocycles. The van der Waals surface area contributed by atoms with E-state index >= 15 is 0 Å². The van der Waals surface area contributed by atoms with Crippen LogP contribution in [-0.4, -0.2) is 21.8 Å². The maximum atomic E-state index is 11.9. The minimum absolute atomic E-state index is 0. The van der Waals surface area contributed by atoms with Crippen LogP contribution in [0.4, 0.5) is 5.69 Å². The highest BCUT2D eigenvalue weighted by Crippen LogP contribution is 2.18. The van der Waals surface area contributed by atoms with Crippen molar-refractivity contribution in [2.75, 3.05) is 5.32 Å². The zero-order valence-corrected chi connectivity index (χ0v) is 15.5. The Morgan fingerprint density at radius 3 is 2.40 bits per heavy atom. The van der Waals surface area contributed by atoms with E-state index in [4.69, 9.17) is 11.1 Å². The molecule has 0 bridgehead atoms. The molecule has 0 unspecified atom stereocenters. The number of halogens is 1. The summed E-state index contributed by atoms with van der Waals surface area (Å²) < 4.78 is 0. The molecule has 7 nitrogen and oxygen atoms in total. The molecule has 0 atom stereocenters. The number of hydrogen-bond donors (Lipinski definition) is 4. The number of aryl methyl sites for hydroxylation is 4. The second kappa shape index (κ2) is 8.43. The Balaban J connectivity index is 0.00000312. The lowest BCUT2D eigenvalue weighted by Gasteiger charge is -2.13. The van der Waals surface area contributed by atoms with Gasteiger partial charge in [-0.2, -0.15) is 0 Å². The number of carbonyl (C=O) groups excluding carboxylic acids is 1. The fourth-order valence-corrected chi connectivity index (χ4v) is 2.26. The van der Waals surface area contributed by atoms with E-state index in [2.05, 4.69) is 20.6 Å². The third-order valence-electron chi connectivity index (χ3n) is 3.77. The van der Waals surface area contributed by atoms with Gasteiger partial charge in [0.1, 0.15) is 0 Å². The Morgan fingerprint density at radius 1 is 1.12 bits per heavy atom. The second-order valence-electron chi connectivity index (χ2n) is 5.68. The minimum Gasteiger partial charge on any atom is -0.379 e. The lowest BCUT2D eigenvalue weighted by molar-refractivity contribution is 0.0976. The lowest BCUT2D eigenvalue weighted by atomic mass is 10.1. The first-order chi connectivity index (χ1) is 11.3. The van der Waals surface area contributed by atoms with Crippen LogP contribution in [0.15, 0.2) is 18.2 Å². The third kappa shape index (κ3) is 5.15. The summed E-state index contributed by atoms with van der Waals surface area (Å²) in [6.45, 7) is 8.27. The number of rotatable bonds is 4. The number of aromatic nitrogens is 2. The molecule has 2 aromatic rings. The topological polar surface area (TPSA) is 117 Å². The highest BCUT2D eigenvalue weighted by atomic mass is 35.5. The average molecular weight is 363 g/mol. The van der Waals surface area contributed by atoms with Gasteiger partial charge in [-0.05, 0) is 45.4 Å². The Morgan fingerprint density at radius 2 is 1.76 bits per heavy atom. The highest BCUT2D eigenvalue weighted by molar-refractivity contribution is 6.04. The van der Waals surface area contributed by atoms with Gasteiger partial charge in [0.2, 0.25) is 0 Å². The number of anilines is 1. The van der Waals surface area contributed by atoms with Crippen LogP contribution in [0.2, 0.25) is 0 Å². The average Bonchev–Trinajstić information content (AvgIpc) is 2.50. The van der Waals surface area contributed by atoms with Crippen LogP contribution < -0.4 is 16.4 Å². The summed E-state index contributed by atoms with van der Waals surface area (Å²) in [5, 5.41) is 12.7. The largest absolute Gasteiger partial charge is 0.379 e. The monoisotopic (exact) mass is 362 g/mol. The normalized spacial score (nSPS) is 9.92. The molecule has 0 saturated carbocycles. The SMILES string of the molecule is Cc1ccc(C(=O)NC(=N)N)cc1NCc1nc(C)c(C)nc1C.Cl. The molecule has 5 N–H and O–H groups in total. The number of carbonyl (C=O) groups is 1. The van der Waals surface area contributed by atoms with Crippen LogP contribution in [0.25, 0.3) is 0 Å². The second-order valence-corrected chi connectivity index (χ2v) is 5.68. The predicted molar refractivity (Wildman–Crippen MR) is 101 cm³/mol. The maximum absolute atomic E-state index is 11.9. The van der Waals surface area contributed by atoms with Crippen molar-refractivity contribution in [2.45, 2.75) is 34.2 Å². The molecule has 0 aliphatic rings. The summed E-state index contributed by atoms with van der Waals surface area (Å²) in [6.07, 6.45) is 0. The van der Waals surface area contributed by atoms with Crippen LogP contribution in [-0.2, 0) is 6.54 Å². The molecule has 134 valence electrons. The molecule has 8 heteroatoms. The van der Waals surface area contributed by atoms with Crippen molar-refractivity contribution in [1.29, 1.82) is 5.41 Å². The fraction of sp³-hybridized carbons (Fsp3) is 0.294. The number of nitrogens with two attached hydrogens (primary N) is 1. The number of nitrogens with zero attached hydrogens (tertiary/aromatic N) is 2. The first-order valence-electron chi connectivity index (χ1n) is 7.58. The summed E-state index contributed by atoms with van der Waals surface area (Å²) in [5.74, 6) is -0.788. The van der Waals surface area contributed by atoms with E-state index in [1.807, 2.05) is 33.8 Å². The van der Waals surface area contributed by atoms with Gasteiger partial charge < -0.3 is 11.1 Å². The van der Waals surface area contributed by atoms with E-state index in [1.165, 1.54) is 0 Å². The van der Waals surface area contributed by atoms with Gasteiger partial charge in [0.25, 0.3) is 5.91 Å². The molecule has 2 rings (SSSR count). The van der Waals surface area contributed by atoms with Gasteiger partial charge in [0.05, 0.1) is 29.3 Å². The molecule has 0 spiro atoms. The van der Waals surface area contributed by atoms with Crippen molar-refractivity contribution in [3.05, 3.63) is 52.1 Å². The van der Waals surface area contributed by atoms with E-state index in [1.54, 1.807) is 12.1 Å². The third-order valence-corrected chi connectivity index (χ3v) is 3.77. The van der Waals surface area contributed by atoms with Gasteiger partial charge in [0, 0.05) is 11.3 Å². The van der Waals surface area contributed by atoms with Crippen molar-refractivity contribution >= 4 is 30.0 Å². The molecular formula is C17H23ClN6O. The van der Waals surface area contributed by atoms with Gasteiger partial charge >= 0.3 is 0 Å². The van der Waals surface area contributed by atoms with Crippen molar-refractivity contribution in [3.63, 3.8) is 0 Å². The summed E-state index contributed by atoms with van der Waals surface area (Å²) in [6, 6.07) is 5.27. The Kier molecular flexibility index (Phi) is 6.87. The minimum atomic E-state index is -0.410. The van der Waals surface area contributed by atoms with E-state index in [-0.39, 0.29) is 18.4 Å². The van der Waals surface area contributed by atoms with Gasteiger partial charge in [-0.3, -0.25) is 25.5 Å². The molecule has 0 fully saturated rings. The zero-order chi connectivity index (χ0) is 17.9. The van der Waals surface area contributed by atoms with Gasteiger partial charge in [-0.15, -0.1) is 12.4 Å². The predicted octanol–water partition coefficient (Wildman–Crippen LogP) is 2.37. The number of benzene rings is 1.